The number of para-hydroxylation sites is 1. The summed E-state index contributed by atoms with van der Waals surface area (Å²) in [4.78, 5) is 0. The van der Waals surface area contributed by atoms with Crippen molar-refractivity contribution in [1.82, 2.24) is 0 Å². The Balaban J connectivity index is 2.07. The van der Waals surface area contributed by atoms with Crippen molar-refractivity contribution < 1.29 is 4.74 Å². The molecule has 0 fully saturated rings. The van der Waals surface area contributed by atoms with E-state index in [4.69, 9.17) is 4.74 Å². The first kappa shape index (κ1) is 15.4. The average molecular weight is 283 g/mol. The molecule has 0 spiro atoms. The topological polar surface area (TPSA) is 21.3 Å². The number of hydrogen-bond donors (Lipinski definition) is 1. The van der Waals surface area contributed by atoms with Gasteiger partial charge in [0.05, 0.1) is 6.61 Å². The molecule has 0 bridgehead atoms. The fourth-order valence-electron chi connectivity index (χ4n) is 2.16. The molecule has 2 aromatic carbocycles. The Labute approximate surface area is 128 Å². The molecular weight excluding hydrogens is 258 g/mol. The Kier molecular flexibility index (Phi) is 5.26. The number of aryl methyl sites for hydroxylation is 2. The van der Waals surface area contributed by atoms with Gasteiger partial charge in [0.15, 0.2) is 0 Å². The van der Waals surface area contributed by atoms with Gasteiger partial charge in [-0.05, 0) is 43.0 Å². The molecule has 0 heterocycles. The van der Waals surface area contributed by atoms with Gasteiger partial charge in [-0.3, -0.25) is 0 Å². The van der Waals surface area contributed by atoms with E-state index in [0.717, 1.165) is 18.9 Å². The maximum atomic E-state index is 5.90. The van der Waals surface area contributed by atoms with Gasteiger partial charge in [0.25, 0.3) is 0 Å². The van der Waals surface area contributed by atoms with E-state index in [9.17, 15) is 0 Å². The highest BCUT2D eigenvalue weighted by Crippen LogP contribution is 2.22. The Morgan fingerprint density at radius 2 is 1.81 bits per heavy atom. The van der Waals surface area contributed by atoms with E-state index >= 15 is 0 Å². The zero-order valence-electron chi connectivity index (χ0n) is 13.4. The molecule has 0 aliphatic carbocycles. The summed E-state index contributed by atoms with van der Waals surface area (Å²) in [5.41, 5.74) is 4.92. The van der Waals surface area contributed by atoms with Gasteiger partial charge in [-0.15, -0.1) is 0 Å². The highest BCUT2D eigenvalue weighted by molar-refractivity contribution is 5.53. The fraction of sp³-hybridized carbons (Fsp3) is 0.368. The van der Waals surface area contributed by atoms with E-state index in [-0.39, 0.29) is 0 Å². The van der Waals surface area contributed by atoms with Crippen LogP contribution in [0.5, 0.6) is 5.75 Å². The van der Waals surface area contributed by atoms with Crippen LogP contribution >= 0.6 is 0 Å². The van der Waals surface area contributed by atoms with Crippen LogP contribution in [0.25, 0.3) is 0 Å². The van der Waals surface area contributed by atoms with Crippen LogP contribution in [0.4, 0.5) is 5.69 Å². The lowest BCUT2D eigenvalue weighted by molar-refractivity contribution is 0.269. The van der Waals surface area contributed by atoms with Crippen LogP contribution in [0.2, 0.25) is 0 Å². The molecule has 0 aromatic heterocycles. The number of rotatable bonds is 6. The molecule has 0 radical (unpaired) electrons. The maximum absolute atomic E-state index is 5.90. The Hall–Kier alpha value is -1.96. The molecule has 112 valence electrons. The van der Waals surface area contributed by atoms with Crippen LogP contribution in [0.1, 0.15) is 30.5 Å². The molecule has 2 rings (SSSR count). The summed E-state index contributed by atoms with van der Waals surface area (Å²) in [5, 5.41) is 3.52. The van der Waals surface area contributed by atoms with Gasteiger partial charge < -0.3 is 10.1 Å². The normalized spacial score (nSPS) is 10.7. The molecule has 0 aliphatic heterocycles. The SMILES string of the molecule is Cc1ccc(C)c(NCc2ccccc2OCC(C)C)c1. The van der Waals surface area contributed by atoms with E-state index in [2.05, 4.69) is 63.3 Å². The van der Waals surface area contributed by atoms with Gasteiger partial charge in [-0.1, -0.05) is 44.2 Å². The van der Waals surface area contributed by atoms with Crippen LogP contribution in [0.15, 0.2) is 42.5 Å². The van der Waals surface area contributed by atoms with Crippen molar-refractivity contribution >= 4 is 5.69 Å². The lowest BCUT2D eigenvalue weighted by Gasteiger charge is -2.15. The van der Waals surface area contributed by atoms with Crippen molar-refractivity contribution in [3.63, 3.8) is 0 Å². The first-order chi connectivity index (χ1) is 10.1. The molecule has 2 aromatic rings. The minimum Gasteiger partial charge on any atom is -0.493 e. The monoisotopic (exact) mass is 283 g/mol. The molecule has 0 saturated heterocycles. The second-order valence-electron chi connectivity index (χ2n) is 5.98. The minimum atomic E-state index is 0.532. The molecule has 21 heavy (non-hydrogen) atoms. The summed E-state index contributed by atoms with van der Waals surface area (Å²) >= 11 is 0. The second kappa shape index (κ2) is 7.16. The summed E-state index contributed by atoms with van der Waals surface area (Å²) in [6.07, 6.45) is 0. The molecule has 0 amide bonds. The Morgan fingerprint density at radius 1 is 1.05 bits per heavy atom. The smallest absolute Gasteiger partial charge is 0.124 e. The summed E-state index contributed by atoms with van der Waals surface area (Å²) in [7, 11) is 0. The number of nitrogens with one attached hydrogen (secondary N) is 1. The maximum Gasteiger partial charge on any atom is 0.124 e. The number of benzene rings is 2. The fourth-order valence-corrected chi connectivity index (χ4v) is 2.16. The third kappa shape index (κ3) is 4.52. The standard InChI is InChI=1S/C19H25NO/c1-14(2)13-21-19-8-6-5-7-17(19)12-20-18-11-15(3)9-10-16(18)4/h5-11,14,20H,12-13H2,1-4H3. The second-order valence-corrected chi connectivity index (χ2v) is 5.98. The van der Waals surface area contributed by atoms with Crippen LogP contribution in [-0.2, 0) is 6.54 Å². The van der Waals surface area contributed by atoms with E-state index in [0.29, 0.717) is 5.92 Å². The van der Waals surface area contributed by atoms with Crippen LogP contribution in [-0.4, -0.2) is 6.61 Å². The summed E-state index contributed by atoms with van der Waals surface area (Å²) in [5.74, 6) is 1.51. The van der Waals surface area contributed by atoms with Crippen molar-refractivity contribution in [1.29, 1.82) is 0 Å². The minimum absolute atomic E-state index is 0.532. The van der Waals surface area contributed by atoms with Crippen LogP contribution in [0, 0.1) is 19.8 Å². The largest absolute Gasteiger partial charge is 0.493 e. The Bertz CT molecular complexity index is 590. The quantitative estimate of drug-likeness (QED) is 0.810. The van der Waals surface area contributed by atoms with Crippen molar-refractivity contribution in [2.45, 2.75) is 34.2 Å². The first-order valence-electron chi connectivity index (χ1n) is 7.58. The average Bonchev–Trinajstić information content (AvgIpc) is 2.47. The van der Waals surface area contributed by atoms with Gasteiger partial charge in [0.1, 0.15) is 5.75 Å². The highest BCUT2D eigenvalue weighted by Gasteiger charge is 2.05. The summed E-state index contributed by atoms with van der Waals surface area (Å²) in [6.45, 7) is 10.1. The van der Waals surface area contributed by atoms with Crippen LogP contribution in [0.3, 0.4) is 0 Å². The first-order valence-corrected chi connectivity index (χ1v) is 7.58. The van der Waals surface area contributed by atoms with E-state index < -0.39 is 0 Å². The van der Waals surface area contributed by atoms with Crippen molar-refractivity contribution in [3.05, 3.63) is 59.2 Å². The molecule has 0 atom stereocenters. The highest BCUT2D eigenvalue weighted by atomic mass is 16.5. The van der Waals surface area contributed by atoms with Crippen molar-refractivity contribution in [3.8, 4) is 5.75 Å². The van der Waals surface area contributed by atoms with Gasteiger partial charge >= 0.3 is 0 Å². The number of ether oxygens (including phenoxy) is 1. The van der Waals surface area contributed by atoms with E-state index in [1.165, 1.54) is 22.4 Å². The van der Waals surface area contributed by atoms with Gasteiger partial charge in [-0.2, -0.15) is 0 Å². The lowest BCUT2D eigenvalue weighted by atomic mass is 10.1. The molecule has 0 saturated carbocycles. The van der Waals surface area contributed by atoms with Crippen molar-refractivity contribution in [2.24, 2.45) is 5.92 Å². The van der Waals surface area contributed by atoms with Crippen LogP contribution < -0.4 is 10.1 Å². The molecule has 1 N–H and O–H groups in total. The molecule has 0 aliphatic rings. The van der Waals surface area contributed by atoms with Gasteiger partial charge in [0.2, 0.25) is 0 Å². The van der Waals surface area contributed by atoms with Gasteiger partial charge in [0, 0.05) is 17.8 Å². The molecule has 0 unspecified atom stereocenters. The summed E-state index contributed by atoms with van der Waals surface area (Å²) in [6, 6.07) is 14.7. The zero-order chi connectivity index (χ0) is 15.2. The molecule has 2 heteroatoms. The Morgan fingerprint density at radius 3 is 2.57 bits per heavy atom. The third-order valence-electron chi connectivity index (χ3n) is 3.41. The third-order valence-corrected chi connectivity index (χ3v) is 3.41. The van der Waals surface area contributed by atoms with E-state index in [1.807, 2.05) is 12.1 Å². The summed E-state index contributed by atoms with van der Waals surface area (Å²) < 4.78 is 5.90. The number of anilines is 1. The molecule has 2 nitrogen and oxygen atoms in total. The zero-order valence-corrected chi connectivity index (χ0v) is 13.4. The number of hydrogen-bond acceptors (Lipinski definition) is 2. The predicted octanol–water partition coefficient (Wildman–Crippen LogP) is 4.95. The van der Waals surface area contributed by atoms with Gasteiger partial charge in [-0.25, -0.2) is 0 Å². The predicted molar refractivity (Wildman–Crippen MR) is 90.0 cm³/mol. The van der Waals surface area contributed by atoms with Crippen molar-refractivity contribution in [2.75, 3.05) is 11.9 Å². The lowest BCUT2D eigenvalue weighted by Crippen LogP contribution is -2.08. The molecular formula is C19H25NO. The van der Waals surface area contributed by atoms with E-state index in [1.54, 1.807) is 0 Å².